The predicted octanol–water partition coefficient (Wildman–Crippen LogP) is 1.66. The van der Waals surface area contributed by atoms with Crippen LogP contribution in [0, 0.1) is 10.1 Å². The summed E-state index contributed by atoms with van der Waals surface area (Å²) in [7, 11) is -2.18. The van der Waals surface area contributed by atoms with Gasteiger partial charge in [0.15, 0.2) is 5.52 Å². The lowest BCUT2D eigenvalue weighted by atomic mass is 10.1. The molecule has 0 amide bonds. The van der Waals surface area contributed by atoms with Crippen LogP contribution in [0.25, 0.3) is 22.4 Å². The Morgan fingerprint density at radius 1 is 1.24 bits per heavy atom. The minimum absolute atomic E-state index is 0.0245. The third-order valence-electron chi connectivity index (χ3n) is 6.05. The van der Waals surface area contributed by atoms with Gasteiger partial charge in [-0.1, -0.05) is 13.3 Å². The number of hydrogen-bond donors (Lipinski definition) is 1. The van der Waals surface area contributed by atoms with Gasteiger partial charge in [0.2, 0.25) is 10.0 Å². The van der Waals surface area contributed by atoms with Crippen LogP contribution in [0.3, 0.4) is 0 Å². The first-order chi connectivity index (χ1) is 18.1. The highest BCUT2D eigenvalue weighted by molar-refractivity contribution is 7.89. The number of ether oxygens (including phenoxy) is 2. The standard InChI is InChI=1S/C23H30N6O8S/c1-4-7-18-20-21(27(3)26-18)23(30)25-22(24-20)17-12-16(8-9-19(17)35-5-2)38(33,34)28-13-15(14-28)36-10-6-11-37-29(31)32/h8-9,12,15H,4-7,10-11,13-14H2,1-3H3,(H,24,25,30). The Morgan fingerprint density at radius 3 is 2.68 bits per heavy atom. The summed E-state index contributed by atoms with van der Waals surface area (Å²) in [5.41, 5.74) is 1.46. The lowest BCUT2D eigenvalue weighted by Crippen LogP contribution is -2.54. The zero-order chi connectivity index (χ0) is 27.4. The second kappa shape index (κ2) is 11.4. The Hall–Kier alpha value is -3.56. The zero-order valence-corrected chi connectivity index (χ0v) is 22.2. The van der Waals surface area contributed by atoms with Crippen LogP contribution in [-0.4, -0.2) is 76.6 Å². The molecule has 0 aliphatic carbocycles. The fourth-order valence-corrected chi connectivity index (χ4v) is 5.75. The van der Waals surface area contributed by atoms with Gasteiger partial charge in [0.1, 0.15) is 17.1 Å². The number of sulfonamides is 1. The molecule has 14 nitrogen and oxygen atoms in total. The van der Waals surface area contributed by atoms with Crippen LogP contribution in [0.2, 0.25) is 0 Å². The molecule has 1 aliphatic heterocycles. The Bertz CT molecular complexity index is 1480. The second-order valence-electron chi connectivity index (χ2n) is 8.75. The van der Waals surface area contributed by atoms with E-state index in [-0.39, 0.29) is 48.7 Å². The van der Waals surface area contributed by atoms with E-state index >= 15 is 0 Å². The SMILES string of the molecule is CCCc1nn(C)c2c(=O)[nH]c(-c3cc(S(=O)(=O)N4CC(OCCCO[N+](=O)[O-])C4)ccc3OCC)nc12. The van der Waals surface area contributed by atoms with Crippen molar-refractivity contribution in [1.29, 1.82) is 0 Å². The van der Waals surface area contributed by atoms with E-state index < -0.39 is 15.1 Å². The summed E-state index contributed by atoms with van der Waals surface area (Å²) in [5.74, 6) is 0.576. The number of aromatic nitrogens is 4. The van der Waals surface area contributed by atoms with Gasteiger partial charge in [-0.3, -0.25) is 9.48 Å². The first kappa shape index (κ1) is 27.5. The lowest BCUT2D eigenvalue weighted by molar-refractivity contribution is -0.757. The topological polar surface area (TPSA) is 172 Å². The monoisotopic (exact) mass is 550 g/mol. The molecule has 38 heavy (non-hydrogen) atoms. The Balaban J connectivity index is 1.58. The summed E-state index contributed by atoms with van der Waals surface area (Å²) in [6.07, 6.45) is 1.46. The van der Waals surface area contributed by atoms with Crippen molar-refractivity contribution in [3.8, 4) is 17.1 Å². The summed E-state index contributed by atoms with van der Waals surface area (Å²) in [5, 5.41) is 13.7. The summed E-state index contributed by atoms with van der Waals surface area (Å²) in [4.78, 5) is 34.8. The normalized spacial score (nSPS) is 14.5. The average Bonchev–Trinajstić information content (AvgIpc) is 3.15. The van der Waals surface area contributed by atoms with Crippen LogP contribution in [0.4, 0.5) is 0 Å². The molecule has 206 valence electrons. The van der Waals surface area contributed by atoms with Crippen molar-refractivity contribution in [2.45, 2.75) is 44.1 Å². The molecule has 1 N–H and O–H groups in total. The quantitative estimate of drug-likeness (QED) is 0.187. The van der Waals surface area contributed by atoms with E-state index in [4.69, 9.17) is 9.47 Å². The molecule has 3 heterocycles. The zero-order valence-electron chi connectivity index (χ0n) is 21.4. The number of nitrogens with zero attached hydrogens (tertiary/aromatic N) is 5. The smallest absolute Gasteiger partial charge is 0.294 e. The number of fused-ring (bicyclic) bond motifs is 1. The highest BCUT2D eigenvalue weighted by Gasteiger charge is 2.37. The molecule has 2 aromatic heterocycles. The molecule has 0 radical (unpaired) electrons. The maximum atomic E-state index is 13.3. The van der Waals surface area contributed by atoms with Gasteiger partial charge in [-0.05, 0) is 38.0 Å². The first-order valence-electron chi connectivity index (χ1n) is 12.3. The maximum Gasteiger partial charge on any atom is 0.294 e. The second-order valence-corrected chi connectivity index (χ2v) is 10.7. The van der Waals surface area contributed by atoms with Gasteiger partial charge < -0.3 is 19.3 Å². The van der Waals surface area contributed by atoms with E-state index in [9.17, 15) is 23.3 Å². The van der Waals surface area contributed by atoms with Crippen LogP contribution in [0.15, 0.2) is 27.9 Å². The Labute approximate surface area is 218 Å². The number of H-pyrrole nitrogens is 1. The minimum Gasteiger partial charge on any atom is -0.493 e. The van der Waals surface area contributed by atoms with Gasteiger partial charge in [0.05, 0.1) is 35.5 Å². The maximum absolute atomic E-state index is 13.3. The van der Waals surface area contributed by atoms with Crippen molar-refractivity contribution in [2.24, 2.45) is 7.05 Å². The van der Waals surface area contributed by atoms with Crippen molar-refractivity contribution in [2.75, 3.05) is 32.9 Å². The van der Waals surface area contributed by atoms with E-state index in [1.54, 1.807) is 20.0 Å². The average molecular weight is 551 g/mol. The van der Waals surface area contributed by atoms with Crippen LogP contribution in [-0.2, 0) is 33.1 Å². The van der Waals surface area contributed by atoms with Gasteiger partial charge in [0, 0.05) is 26.7 Å². The molecular weight excluding hydrogens is 520 g/mol. The molecule has 1 aromatic carbocycles. The Kier molecular flexibility index (Phi) is 8.28. The molecule has 1 fully saturated rings. The van der Waals surface area contributed by atoms with Crippen LogP contribution < -0.4 is 10.3 Å². The molecule has 4 rings (SSSR count). The highest BCUT2D eigenvalue weighted by Crippen LogP contribution is 2.33. The van der Waals surface area contributed by atoms with Crippen molar-refractivity contribution >= 4 is 21.1 Å². The molecule has 0 unspecified atom stereocenters. The fourth-order valence-electron chi connectivity index (χ4n) is 4.22. The number of nitrogens with one attached hydrogen (secondary N) is 1. The van der Waals surface area contributed by atoms with E-state index in [1.165, 1.54) is 21.1 Å². The fraction of sp³-hybridized carbons (Fsp3) is 0.522. The third kappa shape index (κ3) is 5.63. The molecule has 0 saturated carbocycles. The summed E-state index contributed by atoms with van der Waals surface area (Å²) in [6.45, 7) is 4.57. The highest BCUT2D eigenvalue weighted by atomic mass is 32.2. The largest absolute Gasteiger partial charge is 0.493 e. The number of hydrogen-bond acceptors (Lipinski definition) is 10. The first-order valence-corrected chi connectivity index (χ1v) is 13.7. The number of aromatic amines is 1. The van der Waals surface area contributed by atoms with E-state index in [0.717, 1.165) is 6.42 Å². The van der Waals surface area contributed by atoms with Gasteiger partial charge >= 0.3 is 0 Å². The molecule has 0 atom stereocenters. The molecule has 1 saturated heterocycles. The molecule has 0 spiro atoms. The van der Waals surface area contributed by atoms with Crippen LogP contribution in [0.1, 0.15) is 32.4 Å². The lowest BCUT2D eigenvalue weighted by Gasteiger charge is -2.37. The van der Waals surface area contributed by atoms with Gasteiger partial charge in [-0.15, -0.1) is 10.1 Å². The number of benzene rings is 1. The molecular formula is C23H30N6O8S. The predicted molar refractivity (Wildman–Crippen MR) is 136 cm³/mol. The van der Waals surface area contributed by atoms with Crippen molar-refractivity contribution in [1.82, 2.24) is 24.1 Å². The van der Waals surface area contributed by atoms with E-state index in [1.807, 2.05) is 6.92 Å². The molecule has 15 heteroatoms. The van der Waals surface area contributed by atoms with Crippen molar-refractivity contribution in [3.63, 3.8) is 0 Å². The van der Waals surface area contributed by atoms with Gasteiger partial charge in [0.25, 0.3) is 10.6 Å². The third-order valence-corrected chi connectivity index (χ3v) is 7.87. The van der Waals surface area contributed by atoms with Crippen molar-refractivity contribution in [3.05, 3.63) is 44.4 Å². The molecule has 1 aliphatic rings. The van der Waals surface area contributed by atoms with Crippen LogP contribution in [0.5, 0.6) is 5.75 Å². The molecule has 0 bridgehead atoms. The summed E-state index contributed by atoms with van der Waals surface area (Å²) >= 11 is 0. The Morgan fingerprint density at radius 2 is 2.00 bits per heavy atom. The summed E-state index contributed by atoms with van der Waals surface area (Å²) < 4.78 is 40.7. The van der Waals surface area contributed by atoms with Gasteiger partial charge in [-0.2, -0.15) is 9.40 Å². The summed E-state index contributed by atoms with van der Waals surface area (Å²) in [6, 6.07) is 4.45. The van der Waals surface area contributed by atoms with E-state index in [2.05, 4.69) is 19.9 Å². The van der Waals surface area contributed by atoms with E-state index in [0.29, 0.717) is 47.5 Å². The number of aryl methyl sites for hydroxylation is 2. The van der Waals surface area contributed by atoms with Crippen molar-refractivity contribution < 1.29 is 27.8 Å². The number of rotatable bonds is 13. The minimum atomic E-state index is -3.86. The van der Waals surface area contributed by atoms with Crippen LogP contribution >= 0.6 is 0 Å². The molecule has 3 aromatic rings. The van der Waals surface area contributed by atoms with Gasteiger partial charge in [-0.25, -0.2) is 13.4 Å².